The first-order valence-corrected chi connectivity index (χ1v) is 7.96. The summed E-state index contributed by atoms with van der Waals surface area (Å²) in [7, 11) is 0. The molecule has 0 unspecified atom stereocenters. The molecule has 0 radical (unpaired) electrons. The van der Waals surface area contributed by atoms with Crippen LogP contribution in [0.2, 0.25) is 0 Å². The molecule has 0 heterocycles. The van der Waals surface area contributed by atoms with E-state index >= 15 is 0 Å². The highest BCUT2D eigenvalue weighted by Gasteiger charge is 2.15. The van der Waals surface area contributed by atoms with Gasteiger partial charge >= 0.3 is 0 Å². The molecule has 0 spiro atoms. The smallest absolute Gasteiger partial charge is 0.254 e. The van der Waals surface area contributed by atoms with Crippen molar-refractivity contribution in [3.05, 3.63) is 95.6 Å². The van der Waals surface area contributed by atoms with Gasteiger partial charge in [-0.05, 0) is 35.7 Å². The van der Waals surface area contributed by atoms with Gasteiger partial charge in [-0.3, -0.25) is 4.79 Å². The first kappa shape index (κ1) is 16.8. The van der Waals surface area contributed by atoms with E-state index in [1.54, 1.807) is 0 Å². The van der Waals surface area contributed by atoms with Crippen molar-refractivity contribution in [3.63, 3.8) is 0 Å². The number of amides is 1. The Morgan fingerprint density at radius 1 is 0.880 bits per heavy atom. The Morgan fingerprint density at radius 2 is 1.52 bits per heavy atom. The summed E-state index contributed by atoms with van der Waals surface area (Å²) in [6.07, 6.45) is 0. The topological polar surface area (TPSA) is 29.1 Å². The van der Waals surface area contributed by atoms with Crippen molar-refractivity contribution in [3.8, 4) is 11.1 Å². The van der Waals surface area contributed by atoms with Gasteiger partial charge in [-0.1, -0.05) is 54.6 Å². The van der Waals surface area contributed by atoms with Crippen LogP contribution in [0.15, 0.2) is 72.8 Å². The van der Waals surface area contributed by atoms with Gasteiger partial charge in [0.15, 0.2) is 0 Å². The summed E-state index contributed by atoms with van der Waals surface area (Å²) in [6.45, 7) is 1.82. The average molecular weight is 337 g/mol. The van der Waals surface area contributed by atoms with Crippen LogP contribution in [-0.2, 0) is 0 Å². The minimum atomic E-state index is -0.871. The van der Waals surface area contributed by atoms with Crippen LogP contribution in [0.1, 0.15) is 28.9 Å². The molecule has 1 N–H and O–H groups in total. The third-order valence-electron chi connectivity index (χ3n) is 4.04. The van der Waals surface area contributed by atoms with E-state index in [0.717, 1.165) is 28.8 Å². The highest BCUT2D eigenvalue weighted by Crippen LogP contribution is 2.22. The quantitative estimate of drug-likeness (QED) is 0.703. The van der Waals surface area contributed by atoms with E-state index in [9.17, 15) is 13.6 Å². The lowest BCUT2D eigenvalue weighted by molar-refractivity contribution is 0.0935. The molecule has 126 valence electrons. The fourth-order valence-electron chi connectivity index (χ4n) is 2.63. The fraction of sp³-hybridized carbons (Fsp3) is 0.0952. The van der Waals surface area contributed by atoms with Gasteiger partial charge in [-0.25, -0.2) is 8.78 Å². The summed E-state index contributed by atoms with van der Waals surface area (Å²) in [5.74, 6) is -2.15. The minimum absolute atomic E-state index is 0.172. The van der Waals surface area contributed by atoms with Crippen LogP contribution in [0.4, 0.5) is 8.78 Å². The summed E-state index contributed by atoms with van der Waals surface area (Å²) in [4.78, 5) is 12.2. The molecule has 1 atom stereocenters. The fourth-order valence-corrected chi connectivity index (χ4v) is 2.63. The Balaban J connectivity index is 1.72. The van der Waals surface area contributed by atoms with Gasteiger partial charge in [0.25, 0.3) is 5.91 Å². The summed E-state index contributed by atoms with van der Waals surface area (Å²) in [6, 6.07) is 20.4. The van der Waals surface area contributed by atoms with Gasteiger partial charge in [0.1, 0.15) is 11.6 Å². The molecule has 0 aliphatic heterocycles. The Labute approximate surface area is 145 Å². The summed E-state index contributed by atoms with van der Waals surface area (Å²) in [5, 5.41) is 2.73. The second-order valence-corrected chi connectivity index (χ2v) is 5.81. The number of carbonyl (C=O) groups is 1. The normalized spacial score (nSPS) is 11.8. The van der Waals surface area contributed by atoms with Gasteiger partial charge in [0.2, 0.25) is 0 Å². The maximum Gasteiger partial charge on any atom is 0.254 e. The second kappa shape index (κ2) is 7.26. The van der Waals surface area contributed by atoms with E-state index in [0.29, 0.717) is 6.07 Å². The predicted octanol–water partition coefficient (Wildman–Crippen LogP) is 5.12. The molecule has 0 aliphatic carbocycles. The Bertz CT molecular complexity index is 876. The number of hydrogen-bond donors (Lipinski definition) is 1. The predicted molar refractivity (Wildman–Crippen MR) is 94.1 cm³/mol. The van der Waals surface area contributed by atoms with Crippen LogP contribution in [-0.4, -0.2) is 5.91 Å². The standard InChI is InChI=1S/C21H17F2NO/c1-14(24-21(25)19-12-11-18(22)13-20(19)23)15-7-9-17(10-8-15)16-5-3-2-4-6-16/h2-14H,1H3,(H,24,25)/t14-/m1/s1. The maximum atomic E-state index is 13.7. The number of hydrogen-bond acceptors (Lipinski definition) is 1. The third kappa shape index (κ3) is 3.91. The van der Waals surface area contributed by atoms with Crippen LogP contribution in [0, 0.1) is 11.6 Å². The number of halogens is 2. The third-order valence-corrected chi connectivity index (χ3v) is 4.04. The zero-order valence-corrected chi connectivity index (χ0v) is 13.7. The number of benzene rings is 3. The van der Waals surface area contributed by atoms with Crippen LogP contribution >= 0.6 is 0 Å². The van der Waals surface area contributed by atoms with Crippen molar-refractivity contribution in [1.29, 1.82) is 0 Å². The Kier molecular flexibility index (Phi) is 4.89. The molecule has 0 aromatic heterocycles. The molecule has 3 aromatic carbocycles. The number of nitrogens with one attached hydrogen (secondary N) is 1. The van der Waals surface area contributed by atoms with Crippen molar-refractivity contribution < 1.29 is 13.6 Å². The molecular weight excluding hydrogens is 320 g/mol. The van der Waals surface area contributed by atoms with Gasteiger partial charge in [-0.15, -0.1) is 0 Å². The molecule has 1 amide bonds. The largest absolute Gasteiger partial charge is 0.345 e. The van der Waals surface area contributed by atoms with Gasteiger partial charge in [-0.2, -0.15) is 0 Å². The van der Waals surface area contributed by atoms with E-state index in [1.165, 1.54) is 0 Å². The highest BCUT2D eigenvalue weighted by molar-refractivity contribution is 5.94. The molecule has 25 heavy (non-hydrogen) atoms. The van der Waals surface area contributed by atoms with Crippen LogP contribution in [0.5, 0.6) is 0 Å². The van der Waals surface area contributed by atoms with E-state index < -0.39 is 17.5 Å². The zero-order valence-electron chi connectivity index (χ0n) is 13.7. The van der Waals surface area contributed by atoms with E-state index in [2.05, 4.69) is 5.32 Å². The summed E-state index contributed by atoms with van der Waals surface area (Å²) >= 11 is 0. The Morgan fingerprint density at radius 3 is 2.16 bits per heavy atom. The monoisotopic (exact) mass is 337 g/mol. The molecule has 0 saturated carbocycles. The van der Waals surface area contributed by atoms with Crippen molar-refractivity contribution in [2.45, 2.75) is 13.0 Å². The molecule has 3 aromatic rings. The molecular formula is C21H17F2NO. The van der Waals surface area contributed by atoms with Crippen molar-refractivity contribution in [2.24, 2.45) is 0 Å². The lowest BCUT2D eigenvalue weighted by Gasteiger charge is -2.15. The SMILES string of the molecule is C[C@@H](NC(=O)c1ccc(F)cc1F)c1ccc(-c2ccccc2)cc1. The van der Waals surface area contributed by atoms with Gasteiger partial charge in [0, 0.05) is 6.07 Å². The van der Waals surface area contributed by atoms with E-state index in [1.807, 2.05) is 61.5 Å². The highest BCUT2D eigenvalue weighted by atomic mass is 19.1. The van der Waals surface area contributed by atoms with Crippen molar-refractivity contribution >= 4 is 5.91 Å². The lowest BCUT2D eigenvalue weighted by Crippen LogP contribution is -2.27. The first-order chi connectivity index (χ1) is 12.0. The Hall–Kier alpha value is -3.01. The minimum Gasteiger partial charge on any atom is -0.345 e. The molecule has 0 fully saturated rings. The van der Waals surface area contributed by atoms with Crippen molar-refractivity contribution in [1.82, 2.24) is 5.32 Å². The molecule has 0 saturated heterocycles. The van der Waals surface area contributed by atoms with E-state index in [4.69, 9.17) is 0 Å². The molecule has 4 heteroatoms. The molecule has 2 nitrogen and oxygen atoms in total. The van der Waals surface area contributed by atoms with E-state index in [-0.39, 0.29) is 11.6 Å². The zero-order chi connectivity index (χ0) is 17.8. The second-order valence-electron chi connectivity index (χ2n) is 5.81. The summed E-state index contributed by atoms with van der Waals surface area (Å²) < 4.78 is 26.6. The molecule has 3 rings (SSSR count). The molecule has 0 aliphatic rings. The maximum absolute atomic E-state index is 13.7. The van der Waals surface area contributed by atoms with Crippen LogP contribution in [0.3, 0.4) is 0 Å². The van der Waals surface area contributed by atoms with Crippen LogP contribution in [0.25, 0.3) is 11.1 Å². The van der Waals surface area contributed by atoms with Crippen LogP contribution < -0.4 is 5.32 Å². The summed E-state index contributed by atoms with van der Waals surface area (Å²) in [5.41, 5.74) is 2.91. The van der Waals surface area contributed by atoms with Gasteiger partial charge < -0.3 is 5.32 Å². The number of carbonyl (C=O) groups excluding carboxylic acids is 1. The lowest BCUT2D eigenvalue weighted by atomic mass is 10.0. The molecule has 0 bridgehead atoms. The first-order valence-electron chi connectivity index (χ1n) is 7.96. The van der Waals surface area contributed by atoms with Crippen molar-refractivity contribution in [2.75, 3.05) is 0 Å². The van der Waals surface area contributed by atoms with Gasteiger partial charge in [0.05, 0.1) is 11.6 Å². The number of rotatable bonds is 4. The average Bonchev–Trinajstić information content (AvgIpc) is 2.62.